The summed E-state index contributed by atoms with van der Waals surface area (Å²) in [4.78, 5) is 12.0. The zero-order chi connectivity index (χ0) is 18.2. The number of carbonyl (C=O) groups is 1. The van der Waals surface area contributed by atoms with E-state index in [0.717, 1.165) is 43.3 Å². The van der Waals surface area contributed by atoms with Crippen molar-refractivity contribution >= 4 is 5.78 Å². The molecule has 0 aromatic carbocycles. The fraction of sp³-hybridized carbons (Fsp3) is 0.609. The zero-order valence-corrected chi connectivity index (χ0v) is 15.4. The standard InChI is InChI=1S/C23H28O2/c1-6-23(25)15(3)12-20-17-11-14(2)19-13-16(24)7-9-21(19,4)18(17)8-10-22(20,23)5/h1,13,17-18,20,25H,2-3,7-12H2,4-5H3/t17-,18+,20+,21-,22+,23+/m1/s1. The van der Waals surface area contributed by atoms with Crippen molar-refractivity contribution in [1.82, 2.24) is 0 Å². The Labute approximate surface area is 151 Å². The summed E-state index contributed by atoms with van der Waals surface area (Å²) in [5.41, 5.74) is 1.65. The van der Waals surface area contributed by atoms with E-state index in [9.17, 15) is 9.90 Å². The predicted molar refractivity (Wildman–Crippen MR) is 99.5 cm³/mol. The van der Waals surface area contributed by atoms with Gasteiger partial charge in [-0.1, -0.05) is 38.5 Å². The maximum Gasteiger partial charge on any atom is 0.156 e. The number of terminal acetylenes is 1. The van der Waals surface area contributed by atoms with Gasteiger partial charge in [-0.15, -0.1) is 6.42 Å². The minimum Gasteiger partial charge on any atom is -0.373 e. The summed E-state index contributed by atoms with van der Waals surface area (Å²) >= 11 is 0. The Kier molecular flexibility index (Phi) is 3.36. The van der Waals surface area contributed by atoms with Crippen LogP contribution in [0.3, 0.4) is 0 Å². The smallest absolute Gasteiger partial charge is 0.156 e. The predicted octanol–water partition coefficient (Wildman–Crippen LogP) is 4.21. The quantitative estimate of drug-likeness (QED) is 0.531. The number of aliphatic hydroxyl groups is 1. The number of rotatable bonds is 0. The number of hydrogen-bond donors (Lipinski definition) is 1. The van der Waals surface area contributed by atoms with E-state index in [1.807, 2.05) is 6.08 Å². The van der Waals surface area contributed by atoms with Gasteiger partial charge in [0.05, 0.1) is 0 Å². The third-order valence-electron chi connectivity index (χ3n) is 8.33. The molecule has 6 atom stereocenters. The highest BCUT2D eigenvalue weighted by molar-refractivity contribution is 5.92. The second kappa shape index (κ2) is 4.98. The van der Waals surface area contributed by atoms with E-state index in [-0.39, 0.29) is 16.6 Å². The molecule has 1 N–H and O–H groups in total. The van der Waals surface area contributed by atoms with Gasteiger partial charge in [0.25, 0.3) is 0 Å². The summed E-state index contributed by atoms with van der Waals surface area (Å²) in [5, 5.41) is 11.2. The number of hydrogen-bond acceptors (Lipinski definition) is 2. The van der Waals surface area contributed by atoms with Crippen LogP contribution in [0.2, 0.25) is 0 Å². The summed E-state index contributed by atoms with van der Waals surface area (Å²) in [6.45, 7) is 13.0. The van der Waals surface area contributed by atoms with Gasteiger partial charge in [-0.3, -0.25) is 4.79 Å². The lowest BCUT2D eigenvalue weighted by Gasteiger charge is -2.58. The van der Waals surface area contributed by atoms with Crippen LogP contribution in [0.15, 0.2) is 36.0 Å². The SMILES string of the molecule is C#C[C@]1(O)C(=C)C[C@H]2[C@@H]3CC(=C)C4=CC(=O)CC[C@]4(C)[C@H]3CC[C@@]21C. The molecule has 0 radical (unpaired) electrons. The first-order valence-electron chi connectivity index (χ1n) is 9.49. The van der Waals surface area contributed by atoms with E-state index in [1.165, 1.54) is 5.57 Å². The second-order valence-corrected chi connectivity index (χ2v) is 9.24. The molecule has 2 heteroatoms. The summed E-state index contributed by atoms with van der Waals surface area (Å²) in [7, 11) is 0. The average Bonchev–Trinajstić information content (AvgIpc) is 2.78. The Balaban J connectivity index is 1.78. The molecule has 0 bridgehead atoms. The molecule has 0 aromatic rings. The maximum absolute atomic E-state index is 12.0. The van der Waals surface area contributed by atoms with Crippen LogP contribution in [0.5, 0.6) is 0 Å². The van der Waals surface area contributed by atoms with Crippen molar-refractivity contribution in [2.24, 2.45) is 28.6 Å². The summed E-state index contributed by atoms with van der Waals surface area (Å²) in [6.07, 6.45) is 12.9. The Bertz CT molecular complexity index is 765. The third kappa shape index (κ3) is 1.88. The molecule has 0 heterocycles. The minimum absolute atomic E-state index is 0.0351. The molecule has 3 fully saturated rings. The fourth-order valence-electron chi connectivity index (χ4n) is 6.79. The van der Waals surface area contributed by atoms with Gasteiger partial charge in [0, 0.05) is 11.8 Å². The molecule has 2 nitrogen and oxygen atoms in total. The molecule has 0 aliphatic heterocycles. The number of allylic oxidation sites excluding steroid dienone is 2. The highest BCUT2D eigenvalue weighted by Crippen LogP contribution is 2.68. The van der Waals surface area contributed by atoms with Crippen molar-refractivity contribution in [3.8, 4) is 12.3 Å². The minimum atomic E-state index is -1.19. The second-order valence-electron chi connectivity index (χ2n) is 9.24. The van der Waals surface area contributed by atoms with Gasteiger partial charge in [0.15, 0.2) is 11.4 Å². The monoisotopic (exact) mass is 336 g/mol. The van der Waals surface area contributed by atoms with Crippen molar-refractivity contribution < 1.29 is 9.90 Å². The van der Waals surface area contributed by atoms with Gasteiger partial charge in [-0.05, 0) is 72.5 Å². The van der Waals surface area contributed by atoms with Gasteiger partial charge in [0.1, 0.15) is 0 Å². The van der Waals surface area contributed by atoms with Crippen molar-refractivity contribution in [2.45, 2.75) is 58.0 Å². The first kappa shape index (κ1) is 16.9. The molecule has 0 aromatic heterocycles. The van der Waals surface area contributed by atoms with E-state index in [1.54, 1.807) is 0 Å². The molecular weight excluding hydrogens is 308 g/mol. The molecule has 0 unspecified atom stereocenters. The van der Waals surface area contributed by atoms with E-state index in [2.05, 4.69) is 32.9 Å². The van der Waals surface area contributed by atoms with Crippen LogP contribution in [0.25, 0.3) is 0 Å². The Hall–Kier alpha value is -1.59. The van der Waals surface area contributed by atoms with Crippen molar-refractivity contribution in [1.29, 1.82) is 0 Å². The topological polar surface area (TPSA) is 37.3 Å². The summed E-state index contributed by atoms with van der Waals surface area (Å²) in [6, 6.07) is 0. The third-order valence-corrected chi connectivity index (χ3v) is 8.33. The molecule has 4 aliphatic carbocycles. The van der Waals surface area contributed by atoms with E-state index in [0.29, 0.717) is 24.2 Å². The molecule has 25 heavy (non-hydrogen) atoms. The Morgan fingerprint density at radius 3 is 2.64 bits per heavy atom. The molecule has 0 spiro atoms. The molecule has 4 rings (SSSR count). The molecule has 0 saturated heterocycles. The molecule has 4 aliphatic rings. The lowest BCUT2D eigenvalue weighted by molar-refractivity contribution is -0.118. The van der Waals surface area contributed by atoms with Crippen LogP contribution in [0.4, 0.5) is 0 Å². The highest BCUT2D eigenvalue weighted by atomic mass is 16.3. The van der Waals surface area contributed by atoms with Crippen LogP contribution in [-0.4, -0.2) is 16.5 Å². The van der Waals surface area contributed by atoms with Crippen LogP contribution in [0.1, 0.15) is 52.4 Å². The van der Waals surface area contributed by atoms with Gasteiger partial charge in [0.2, 0.25) is 0 Å². The van der Waals surface area contributed by atoms with Crippen LogP contribution < -0.4 is 0 Å². The highest BCUT2D eigenvalue weighted by Gasteiger charge is 2.65. The van der Waals surface area contributed by atoms with E-state index < -0.39 is 5.60 Å². The Morgan fingerprint density at radius 2 is 1.96 bits per heavy atom. The lowest BCUT2D eigenvalue weighted by atomic mass is 9.46. The number of carbonyl (C=O) groups excluding carboxylic acids is 1. The average molecular weight is 336 g/mol. The normalized spacial score (nSPS) is 49.0. The molecule has 3 saturated carbocycles. The first-order chi connectivity index (χ1) is 11.7. The Morgan fingerprint density at radius 1 is 1.24 bits per heavy atom. The number of ketones is 1. The molecule has 132 valence electrons. The van der Waals surface area contributed by atoms with Crippen molar-refractivity contribution in [3.63, 3.8) is 0 Å². The largest absolute Gasteiger partial charge is 0.373 e. The molecular formula is C23H28O2. The van der Waals surface area contributed by atoms with Crippen LogP contribution in [-0.2, 0) is 4.79 Å². The van der Waals surface area contributed by atoms with Crippen LogP contribution in [0, 0.1) is 40.9 Å². The van der Waals surface area contributed by atoms with E-state index >= 15 is 0 Å². The number of fused-ring (bicyclic) bond motifs is 5. The maximum atomic E-state index is 12.0. The molecule has 0 amide bonds. The van der Waals surface area contributed by atoms with Crippen molar-refractivity contribution in [3.05, 3.63) is 36.0 Å². The van der Waals surface area contributed by atoms with Gasteiger partial charge in [-0.2, -0.15) is 0 Å². The lowest BCUT2D eigenvalue weighted by Crippen LogP contribution is -2.54. The first-order valence-corrected chi connectivity index (χ1v) is 9.49. The summed E-state index contributed by atoms with van der Waals surface area (Å²) in [5.74, 6) is 4.26. The van der Waals surface area contributed by atoms with E-state index in [4.69, 9.17) is 6.42 Å². The summed E-state index contributed by atoms with van der Waals surface area (Å²) < 4.78 is 0. The van der Waals surface area contributed by atoms with Crippen molar-refractivity contribution in [2.75, 3.05) is 0 Å². The van der Waals surface area contributed by atoms with Gasteiger partial charge < -0.3 is 5.11 Å². The van der Waals surface area contributed by atoms with Gasteiger partial charge in [-0.25, -0.2) is 0 Å². The van der Waals surface area contributed by atoms with Gasteiger partial charge >= 0.3 is 0 Å². The fourth-order valence-corrected chi connectivity index (χ4v) is 6.79. The zero-order valence-electron chi connectivity index (χ0n) is 15.4. The van der Waals surface area contributed by atoms with Crippen LogP contribution >= 0.6 is 0 Å².